The monoisotopic (exact) mass is 321 g/mol. The minimum atomic E-state index is -3.28. The molecule has 1 saturated carbocycles. The van der Waals surface area contributed by atoms with Crippen molar-refractivity contribution in [1.82, 2.24) is 24.7 Å². The van der Waals surface area contributed by atoms with Crippen molar-refractivity contribution in [1.29, 1.82) is 0 Å². The van der Waals surface area contributed by atoms with Crippen LogP contribution in [0.3, 0.4) is 0 Å². The number of hydrogen-bond acceptors (Lipinski definition) is 5. The lowest BCUT2D eigenvalue weighted by molar-refractivity contribution is 0.477. The topological polar surface area (TPSA) is 89.8 Å². The Morgan fingerprint density at radius 2 is 2.09 bits per heavy atom. The van der Waals surface area contributed by atoms with Crippen LogP contribution in [-0.4, -0.2) is 33.6 Å². The Morgan fingerprint density at radius 1 is 1.27 bits per heavy atom. The maximum atomic E-state index is 12.3. The van der Waals surface area contributed by atoms with Gasteiger partial charge in [-0.1, -0.05) is 24.5 Å². The van der Waals surface area contributed by atoms with Crippen LogP contribution in [0.15, 0.2) is 30.7 Å². The summed E-state index contributed by atoms with van der Waals surface area (Å²) < 4.78 is 28.8. The number of nitrogens with one attached hydrogen (secondary N) is 1. The molecule has 2 heterocycles. The van der Waals surface area contributed by atoms with Crippen molar-refractivity contribution >= 4 is 10.0 Å². The third-order valence-corrected chi connectivity index (χ3v) is 5.79. The Bertz CT molecular complexity index is 708. The van der Waals surface area contributed by atoms with Gasteiger partial charge in [-0.15, -0.1) is 5.10 Å². The van der Waals surface area contributed by atoms with E-state index in [-0.39, 0.29) is 11.8 Å². The summed E-state index contributed by atoms with van der Waals surface area (Å²) in [5.41, 5.74) is 1.37. The maximum absolute atomic E-state index is 12.3. The zero-order valence-electron chi connectivity index (χ0n) is 12.2. The Morgan fingerprint density at radius 3 is 2.82 bits per heavy atom. The van der Waals surface area contributed by atoms with Gasteiger partial charge in [0.15, 0.2) is 0 Å². The van der Waals surface area contributed by atoms with E-state index in [1.54, 1.807) is 23.3 Å². The van der Waals surface area contributed by atoms with Gasteiger partial charge < -0.3 is 0 Å². The maximum Gasteiger partial charge on any atom is 0.214 e. The summed E-state index contributed by atoms with van der Waals surface area (Å²) in [7, 11) is -3.28. The second-order valence-electron chi connectivity index (χ2n) is 5.49. The summed E-state index contributed by atoms with van der Waals surface area (Å²) in [5.74, 6) is 0. The van der Waals surface area contributed by atoms with Crippen molar-refractivity contribution < 1.29 is 8.42 Å². The zero-order valence-corrected chi connectivity index (χ0v) is 13.0. The van der Waals surface area contributed by atoms with E-state index in [4.69, 9.17) is 0 Å². The molecule has 0 amide bonds. The number of pyridine rings is 1. The molecule has 0 spiro atoms. The highest BCUT2D eigenvalue weighted by molar-refractivity contribution is 7.90. The molecule has 3 rings (SSSR count). The standard InChI is InChI=1S/C14H19N5O2S/c20-22(21,14-6-2-1-3-7-14)16-9-12-11-19(18-17-12)13-5-4-8-15-10-13/h4-5,8,10-11,14,16H,1-3,6-7,9H2. The highest BCUT2D eigenvalue weighted by Gasteiger charge is 2.26. The summed E-state index contributed by atoms with van der Waals surface area (Å²) in [6.07, 6.45) is 9.66. The Kier molecular flexibility index (Phi) is 4.49. The number of aromatic nitrogens is 4. The van der Waals surface area contributed by atoms with Crippen molar-refractivity contribution in [2.75, 3.05) is 0 Å². The summed E-state index contributed by atoms with van der Waals surface area (Å²) >= 11 is 0. The van der Waals surface area contributed by atoms with Gasteiger partial charge in [-0.05, 0) is 25.0 Å². The summed E-state index contributed by atoms with van der Waals surface area (Å²) in [6.45, 7) is 0.166. The molecule has 0 atom stereocenters. The van der Waals surface area contributed by atoms with Crippen LogP contribution in [0.4, 0.5) is 0 Å². The molecule has 0 saturated heterocycles. The van der Waals surface area contributed by atoms with E-state index >= 15 is 0 Å². The number of rotatable bonds is 5. The molecule has 118 valence electrons. The van der Waals surface area contributed by atoms with Crippen molar-refractivity contribution in [3.63, 3.8) is 0 Å². The summed E-state index contributed by atoms with van der Waals surface area (Å²) in [4.78, 5) is 4.02. The van der Waals surface area contributed by atoms with Crippen LogP contribution < -0.4 is 4.72 Å². The molecule has 1 aliphatic rings. The molecule has 7 nitrogen and oxygen atoms in total. The second-order valence-corrected chi connectivity index (χ2v) is 7.54. The van der Waals surface area contributed by atoms with E-state index in [9.17, 15) is 8.42 Å². The second kappa shape index (κ2) is 6.53. The van der Waals surface area contributed by atoms with Gasteiger partial charge >= 0.3 is 0 Å². The van der Waals surface area contributed by atoms with Crippen LogP contribution in [0.25, 0.3) is 5.69 Å². The predicted octanol–water partition coefficient (Wildman–Crippen LogP) is 1.41. The molecular weight excluding hydrogens is 302 g/mol. The fourth-order valence-electron chi connectivity index (χ4n) is 2.66. The normalized spacial score (nSPS) is 16.7. The first kappa shape index (κ1) is 15.1. The van der Waals surface area contributed by atoms with Crippen molar-refractivity contribution in [3.8, 4) is 5.69 Å². The van der Waals surface area contributed by atoms with Crippen LogP contribution in [-0.2, 0) is 16.6 Å². The Balaban J connectivity index is 1.63. The first-order valence-corrected chi connectivity index (χ1v) is 9.00. The molecule has 0 radical (unpaired) electrons. The van der Waals surface area contributed by atoms with E-state index in [1.807, 2.05) is 12.1 Å². The van der Waals surface area contributed by atoms with Gasteiger partial charge in [-0.3, -0.25) is 4.98 Å². The minimum Gasteiger partial charge on any atom is -0.262 e. The average Bonchev–Trinajstić information content (AvgIpc) is 3.04. The van der Waals surface area contributed by atoms with Crippen LogP contribution in [0.1, 0.15) is 37.8 Å². The molecule has 22 heavy (non-hydrogen) atoms. The van der Waals surface area contributed by atoms with Gasteiger partial charge in [0.25, 0.3) is 0 Å². The highest BCUT2D eigenvalue weighted by atomic mass is 32.2. The van der Waals surface area contributed by atoms with Crippen molar-refractivity contribution in [2.24, 2.45) is 0 Å². The first-order valence-electron chi connectivity index (χ1n) is 7.45. The highest BCUT2D eigenvalue weighted by Crippen LogP contribution is 2.23. The molecule has 1 N–H and O–H groups in total. The largest absolute Gasteiger partial charge is 0.262 e. The molecule has 8 heteroatoms. The van der Waals surface area contributed by atoms with Gasteiger partial charge in [-0.2, -0.15) is 0 Å². The predicted molar refractivity (Wildman–Crippen MR) is 81.8 cm³/mol. The quantitative estimate of drug-likeness (QED) is 0.899. The molecule has 2 aromatic rings. The van der Waals surface area contributed by atoms with Crippen LogP contribution in [0, 0.1) is 0 Å². The molecule has 0 aliphatic heterocycles. The van der Waals surface area contributed by atoms with Gasteiger partial charge in [0.2, 0.25) is 10.0 Å². The summed E-state index contributed by atoms with van der Waals surface area (Å²) in [5, 5.41) is 7.72. The fourth-order valence-corrected chi connectivity index (χ4v) is 4.20. The van der Waals surface area contributed by atoms with Gasteiger partial charge in [0.1, 0.15) is 0 Å². The van der Waals surface area contributed by atoms with E-state index in [0.717, 1.165) is 37.8 Å². The van der Waals surface area contributed by atoms with E-state index < -0.39 is 10.0 Å². The number of hydrogen-bond donors (Lipinski definition) is 1. The third kappa shape index (κ3) is 3.50. The molecule has 1 aliphatic carbocycles. The SMILES string of the molecule is O=S(=O)(NCc1cn(-c2cccnc2)nn1)C1CCCCC1. The number of sulfonamides is 1. The minimum absolute atomic E-state index is 0.166. The van der Waals surface area contributed by atoms with Crippen LogP contribution in [0.2, 0.25) is 0 Å². The lowest BCUT2D eigenvalue weighted by atomic mass is 10.0. The molecule has 2 aromatic heterocycles. The lowest BCUT2D eigenvalue weighted by Gasteiger charge is -2.21. The lowest BCUT2D eigenvalue weighted by Crippen LogP contribution is -2.35. The van der Waals surface area contributed by atoms with Crippen molar-refractivity contribution in [2.45, 2.75) is 43.9 Å². The third-order valence-electron chi connectivity index (χ3n) is 3.90. The van der Waals surface area contributed by atoms with Crippen LogP contribution >= 0.6 is 0 Å². The Hall–Kier alpha value is -1.80. The van der Waals surface area contributed by atoms with E-state index in [0.29, 0.717) is 5.69 Å². The van der Waals surface area contributed by atoms with Crippen LogP contribution in [0.5, 0.6) is 0 Å². The molecule has 0 unspecified atom stereocenters. The van der Waals surface area contributed by atoms with E-state index in [1.165, 1.54) is 0 Å². The Labute approximate surface area is 129 Å². The molecule has 1 fully saturated rings. The zero-order chi connectivity index (χ0) is 15.4. The number of nitrogens with zero attached hydrogens (tertiary/aromatic N) is 4. The first-order chi connectivity index (χ1) is 10.6. The van der Waals surface area contributed by atoms with Gasteiger partial charge in [0, 0.05) is 6.20 Å². The van der Waals surface area contributed by atoms with Gasteiger partial charge in [0.05, 0.1) is 35.6 Å². The van der Waals surface area contributed by atoms with Crippen molar-refractivity contribution in [3.05, 3.63) is 36.4 Å². The van der Waals surface area contributed by atoms with E-state index in [2.05, 4.69) is 20.0 Å². The average molecular weight is 321 g/mol. The molecule has 0 bridgehead atoms. The molecule has 0 aromatic carbocycles. The molecular formula is C14H19N5O2S. The van der Waals surface area contributed by atoms with Gasteiger partial charge in [-0.25, -0.2) is 17.8 Å². The fraction of sp³-hybridized carbons (Fsp3) is 0.500. The summed E-state index contributed by atoms with van der Waals surface area (Å²) in [6, 6.07) is 3.67. The smallest absolute Gasteiger partial charge is 0.214 e.